The van der Waals surface area contributed by atoms with Gasteiger partial charge in [0.1, 0.15) is 41.5 Å². The molecule has 1 heterocycles. The Hall–Kier alpha value is -7.28. The first kappa shape index (κ1) is 50.1. The lowest BCUT2D eigenvalue weighted by Gasteiger charge is -2.67. The zero-order valence-corrected chi connectivity index (χ0v) is 39.8. The highest BCUT2D eigenvalue weighted by Gasteiger charge is 2.77. The second-order valence-electron chi connectivity index (χ2n) is 19.3. The number of carbonyl (C=O) groups excluding carboxylic acids is 6. The van der Waals surface area contributed by atoms with Crippen LogP contribution >= 0.6 is 0 Å². The van der Waals surface area contributed by atoms with Crippen LogP contribution in [-0.2, 0) is 38.1 Å². The second kappa shape index (κ2) is 19.1. The van der Waals surface area contributed by atoms with Gasteiger partial charge >= 0.3 is 24.1 Å². The second-order valence-corrected chi connectivity index (χ2v) is 19.3. The molecule has 1 saturated heterocycles. The van der Waals surface area contributed by atoms with Crippen LogP contribution in [0.1, 0.15) is 86.7 Å². The van der Waals surface area contributed by atoms with E-state index in [1.807, 2.05) is 0 Å². The van der Waals surface area contributed by atoms with E-state index in [9.17, 15) is 39.5 Å². The number of hydrogen-bond donors (Lipinski definition) is 3. The van der Waals surface area contributed by atoms with Crippen LogP contribution in [0.5, 0.6) is 5.75 Å². The van der Waals surface area contributed by atoms with Crippen LogP contribution in [0.2, 0.25) is 0 Å². The molecule has 1 amide bonds. The number of carbonyl (C=O) groups is 6. The molecule has 3 fully saturated rings. The van der Waals surface area contributed by atoms with Gasteiger partial charge in [-0.1, -0.05) is 87.5 Å². The molecule has 4 aromatic carbocycles. The Morgan fingerprint density at radius 2 is 1.45 bits per heavy atom. The third-order valence-corrected chi connectivity index (χ3v) is 15.0. The third-order valence-electron chi connectivity index (χ3n) is 15.0. The van der Waals surface area contributed by atoms with Gasteiger partial charge in [-0.2, -0.15) is 0 Å². The standard InChI is InChI=1S/C53H54N2O16/c1-29-37(68-48(61)42(69-49(62)67-36-24-22-35(23-25-36)55(64)65)41(32-16-10-7-11-17-32)54-46(59)33-18-12-8-13-19-33)27-53(63)45(70-47(60)34-20-14-9-15-21-34)43-51(6,44(58)30(2)40(29)50(53,4)5)38(57)26-39-52(43,28-66-39)71-31(3)56/h7-25,30,37-39,41-43,45,57,63H,26-28H2,1-6H3,(H,54,59)/t30-,37-,38+,39-,41+,42+,43-,45-,51-,52-,53-/m1/s1. The number of nitro groups is 1. The van der Waals surface area contributed by atoms with Crippen molar-refractivity contribution in [2.75, 3.05) is 6.61 Å². The highest BCUT2D eigenvalue weighted by atomic mass is 16.7. The van der Waals surface area contributed by atoms with Gasteiger partial charge in [-0.15, -0.1) is 0 Å². The summed E-state index contributed by atoms with van der Waals surface area (Å²) in [6.07, 6.45) is -9.87. The summed E-state index contributed by atoms with van der Waals surface area (Å²) in [5.41, 5.74) is -6.53. The third kappa shape index (κ3) is 8.84. The number of Topliss-reactive ketones (excluding diaryl/α,β-unsaturated/α-hetero) is 1. The Balaban J connectivity index is 1.25. The molecular formula is C53H54N2O16. The monoisotopic (exact) mass is 974 g/mol. The molecule has 4 aromatic rings. The molecule has 0 unspecified atom stereocenters. The molecule has 18 heteroatoms. The molecule has 3 aliphatic carbocycles. The van der Waals surface area contributed by atoms with Crippen LogP contribution in [-0.4, -0.2) is 99.2 Å². The highest BCUT2D eigenvalue weighted by Crippen LogP contribution is 2.65. The van der Waals surface area contributed by atoms with Crippen molar-refractivity contribution in [2.24, 2.45) is 22.7 Å². The maximum atomic E-state index is 15.5. The predicted octanol–water partition coefficient (Wildman–Crippen LogP) is 6.57. The Kier molecular flexibility index (Phi) is 13.5. The molecule has 11 atom stereocenters. The molecular weight excluding hydrogens is 921 g/mol. The van der Waals surface area contributed by atoms with E-state index in [0.29, 0.717) is 11.1 Å². The van der Waals surface area contributed by atoms with Crippen LogP contribution in [0, 0.1) is 32.8 Å². The average molecular weight is 975 g/mol. The van der Waals surface area contributed by atoms with E-state index in [-0.39, 0.29) is 41.2 Å². The van der Waals surface area contributed by atoms with E-state index in [2.05, 4.69) is 5.32 Å². The smallest absolute Gasteiger partial charge is 0.455 e. The number of ether oxygens (including phenoxy) is 6. The number of nitro benzene ring substituents is 1. The Labute approximate surface area is 408 Å². The van der Waals surface area contributed by atoms with Crippen molar-refractivity contribution in [2.45, 2.75) is 102 Å². The molecule has 71 heavy (non-hydrogen) atoms. The minimum atomic E-state index is -2.33. The molecule has 2 saturated carbocycles. The van der Waals surface area contributed by atoms with Crippen molar-refractivity contribution in [1.82, 2.24) is 5.32 Å². The lowest BCUT2D eigenvalue weighted by Crippen LogP contribution is -2.81. The summed E-state index contributed by atoms with van der Waals surface area (Å²) in [6, 6.07) is 27.0. The zero-order valence-electron chi connectivity index (χ0n) is 39.8. The largest absolute Gasteiger partial charge is 0.514 e. The van der Waals surface area contributed by atoms with Gasteiger partial charge in [0, 0.05) is 48.8 Å². The van der Waals surface area contributed by atoms with E-state index in [0.717, 1.165) is 24.3 Å². The lowest BCUT2D eigenvalue weighted by molar-refractivity contribution is -0.384. The number of hydrogen-bond acceptors (Lipinski definition) is 16. The Bertz CT molecular complexity index is 2770. The van der Waals surface area contributed by atoms with Gasteiger partial charge in [0.15, 0.2) is 5.60 Å². The van der Waals surface area contributed by atoms with E-state index in [1.165, 1.54) is 38.1 Å². The topological polar surface area (TPSA) is 253 Å². The quantitative estimate of drug-likeness (QED) is 0.0339. The normalized spacial score (nSPS) is 29.2. The van der Waals surface area contributed by atoms with E-state index < -0.39 is 118 Å². The molecule has 2 bridgehead atoms. The van der Waals surface area contributed by atoms with Gasteiger partial charge in [0.05, 0.1) is 34.5 Å². The van der Waals surface area contributed by atoms with Crippen molar-refractivity contribution < 1.29 is 72.3 Å². The Morgan fingerprint density at radius 1 is 0.859 bits per heavy atom. The number of benzene rings is 4. The van der Waals surface area contributed by atoms with Crippen LogP contribution in [0.25, 0.3) is 0 Å². The van der Waals surface area contributed by atoms with Gasteiger partial charge in [0.25, 0.3) is 11.6 Å². The molecule has 3 N–H and O–H groups in total. The Morgan fingerprint density at radius 3 is 2.01 bits per heavy atom. The van der Waals surface area contributed by atoms with Gasteiger partial charge in [-0.3, -0.25) is 24.5 Å². The maximum Gasteiger partial charge on any atom is 0.514 e. The number of esters is 3. The van der Waals surface area contributed by atoms with E-state index in [4.69, 9.17) is 28.4 Å². The number of amides is 1. The number of non-ortho nitro benzene ring substituents is 1. The minimum Gasteiger partial charge on any atom is -0.455 e. The fraction of sp³-hybridized carbons (Fsp3) is 0.396. The maximum absolute atomic E-state index is 15.5. The fourth-order valence-electron chi connectivity index (χ4n) is 11.4. The van der Waals surface area contributed by atoms with Crippen LogP contribution in [0.4, 0.5) is 10.5 Å². The molecule has 0 spiro atoms. The van der Waals surface area contributed by atoms with Crippen molar-refractivity contribution in [3.05, 3.63) is 153 Å². The lowest BCUT2D eigenvalue weighted by atomic mass is 9.43. The summed E-state index contributed by atoms with van der Waals surface area (Å²) in [7, 11) is 0. The molecule has 0 radical (unpaired) electrons. The molecule has 0 aromatic heterocycles. The zero-order chi connectivity index (χ0) is 51.2. The van der Waals surface area contributed by atoms with Crippen molar-refractivity contribution in [3.8, 4) is 5.75 Å². The van der Waals surface area contributed by atoms with E-state index in [1.54, 1.807) is 94.4 Å². The van der Waals surface area contributed by atoms with Gasteiger partial charge < -0.3 is 44.0 Å². The van der Waals surface area contributed by atoms with Crippen LogP contribution < -0.4 is 10.1 Å². The number of ketones is 1. The van der Waals surface area contributed by atoms with Gasteiger partial charge in [-0.05, 0) is 67.0 Å². The molecule has 4 aliphatic rings. The number of aliphatic hydroxyl groups is 2. The van der Waals surface area contributed by atoms with Crippen molar-refractivity contribution >= 4 is 41.4 Å². The van der Waals surface area contributed by atoms with Crippen molar-refractivity contribution in [3.63, 3.8) is 0 Å². The number of nitrogens with one attached hydrogen (secondary N) is 1. The summed E-state index contributed by atoms with van der Waals surface area (Å²) in [5, 5.41) is 40.1. The number of fused-ring (bicyclic) bond motifs is 5. The molecule has 372 valence electrons. The van der Waals surface area contributed by atoms with Gasteiger partial charge in [0.2, 0.25) is 6.10 Å². The van der Waals surface area contributed by atoms with Crippen molar-refractivity contribution in [1.29, 1.82) is 0 Å². The fourth-order valence-corrected chi connectivity index (χ4v) is 11.4. The van der Waals surface area contributed by atoms with Gasteiger partial charge in [-0.25, -0.2) is 14.4 Å². The SMILES string of the molecule is CC(=O)O[C@]12CO[C@@H]1C[C@H](O)[C@@]1(C)C(=O)[C@H](C)C3=C(C)[C@H](OC(=O)[C@@H](OC(=O)Oc4ccc([N+](=O)[O-])cc4)[C@@H](NC(=O)c4ccccc4)c4ccccc4)C[C@@](O)([C@H](OC(=O)c4ccccc4)[C@@H]21)C3(C)C. The predicted molar refractivity (Wildman–Crippen MR) is 249 cm³/mol. The summed E-state index contributed by atoms with van der Waals surface area (Å²) >= 11 is 0. The highest BCUT2D eigenvalue weighted by molar-refractivity contribution is 5.95. The molecule has 18 nitrogen and oxygen atoms in total. The first-order valence-corrected chi connectivity index (χ1v) is 23.1. The molecule has 1 aliphatic heterocycles. The number of rotatable bonds is 12. The molecule has 8 rings (SSSR count). The van der Waals surface area contributed by atoms with Crippen LogP contribution in [0.15, 0.2) is 126 Å². The average Bonchev–Trinajstić information content (AvgIpc) is 3.34. The van der Waals surface area contributed by atoms with E-state index >= 15 is 9.59 Å². The number of nitrogens with zero attached hydrogens (tertiary/aromatic N) is 1. The minimum absolute atomic E-state index is 0.0764. The number of aliphatic hydroxyl groups excluding tert-OH is 1. The summed E-state index contributed by atoms with van der Waals surface area (Å²) < 4.78 is 36.1. The summed E-state index contributed by atoms with van der Waals surface area (Å²) in [4.78, 5) is 96.5. The first-order chi connectivity index (χ1) is 33.6. The summed E-state index contributed by atoms with van der Waals surface area (Å²) in [5.74, 6) is -6.90. The first-order valence-electron chi connectivity index (χ1n) is 23.1. The van der Waals surface area contributed by atoms with Crippen LogP contribution in [0.3, 0.4) is 0 Å². The summed E-state index contributed by atoms with van der Waals surface area (Å²) in [6.45, 7) is 8.96.